The first kappa shape index (κ1) is 14.6. The molecule has 2 fully saturated rings. The molecule has 1 aromatic carbocycles. The van der Waals surface area contributed by atoms with Gasteiger partial charge in [0.25, 0.3) is 0 Å². The predicted molar refractivity (Wildman–Crippen MR) is 86.6 cm³/mol. The Hall–Kier alpha value is -1.35. The van der Waals surface area contributed by atoms with Crippen molar-refractivity contribution in [3.63, 3.8) is 0 Å². The third-order valence-corrected chi connectivity index (χ3v) is 4.99. The van der Waals surface area contributed by atoms with Crippen LogP contribution in [0.25, 0.3) is 0 Å². The number of benzene rings is 1. The van der Waals surface area contributed by atoms with Crippen molar-refractivity contribution in [1.82, 2.24) is 5.32 Å². The molecule has 1 amide bonds. The van der Waals surface area contributed by atoms with E-state index in [1.54, 1.807) is 0 Å². The van der Waals surface area contributed by atoms with Crippen LogP contribution in [0.1, 0.15) is 48.8 Å². The van der Waals surface area contributed by atoms with Gasteiger partial charge >= 0.3 is 0 Å². The number of aryl methyl sites for hydroxylation is 3. The lowest BCUT2D eigenvalue weighted by Crippen LogP contribution is -2.39. The van der Waals surface area contributed by atoms with Crippen LogP contribution in [-0.4, -0.2) is 18.0 Å². The maximum Gasteiger partial charge on any atom is 0.224 e. The summed E-state index contributed by atoms with van der Waals surface area (Å²) in [5.74, 6) is 0.728. The van der Waals surface area contributed by atoms with Gasteiger partial charge in [-0.2, -0.15) is 0 Å². The van der Waals surface area contributed by atoms with Crippen LogP contribution < -0.4 is 10.6 Å². The van der Waals surface area contributed by atoms with Crippen molar-refractivity contribution >= 4 is 11.6 Å². The van der Waals surface area contributed by atoms with Crippen LogP contribution in [0.4, 0.5) is 5.69 Å². The normalized spacial score (nSPS) is 27.7. The van der Waals surface area contributed by atoms with Crippen LogP contribution in [0.3, 0.4) is 0 Å². The average Bonchev–Trinajstić information content (AvgIpc) is 2.73. The standard InChI is InChI=1S/C18H26N2O/c1-11-6-12(2)18(13(3)7-11)20-17(21)10-14-8-15-4-5-16(9-14)19-15/h6-7,14-16,19H,4-5,8-10H2,1-3H3,(H,20,21). The molecule has 21 heavy (non-hydrogen) atoms. The largest absolute Gasteiger partial charge is 0.326 e. The molecule has 1 aromatic rings. The Labute approximate surface area is 127 Å². The molecule has 2 aliphatic rings. The zero-order valence-electron chi connectivity index (χ0n) is 13.3. The monoisotopic (exact) mass is 286 g/mol. The van der Waals surface area contributed by atoms with Gasteiger partial charge in [0.15, 0.2) is 0 Å². The summed E-state index contributed by atoms with van der Waals surface area (Å²) in [6.07, 6.45) is 5.57. The number of hydrogen-bond donors (Lipinski definition) is 2. The van der Waals surface area contributed by atoms with Crippen molar-refractivity contribution in [3.05, 3.63) is 28.8 Å². The smallest absolute Gasteiger partial charge is 0.224 e. The quantitative estimate of drug-likeness (QED) is 0.893. The Bertz CT molecular complexity index is 517. The first-order chi connectivity index (χ1) is 10.0. The van der Waals surface area contributed by atoms with Crippen molar-refractivity contribution in [1.29, 1.82) is 0 Å². The fourth-order valence-corrected chi connectivity index (χ4v) is 4.17. The fraction of sp³-hybridized carbons (Fsp3) is 0.611. The zero-order chi connectivity index (χ0) is 15.0. The molecule has 2 saturated heterocycles. The van der Waals surface area contributed by atoms with Gasteiger partial charge in [0, 0.05) is 24.2 Å². The summed E-state index contributed by atoms with van der Waals surface area (Å²) in [5.41, 5.74) is 4.57. The third kappa shape index (κ3) is 3.29. The highest BCUT2D eigenvalue weighted by molar-refractivity contribution is 5.92. The number of carbonyl (C=O) groups excluding carboxylic acids is 1. The molecular weight excluding hydrogens is 260 g/mol. The Morgan fingerprint density at radius 2 is 1.71 bits per heavy atom. The van der Waals surface area contributed by atoms with E-state index in [9.17, 15) is 4.79 Å². The van der Waals surface area contributed by atoms with Crippen LogP contribution in [0, 0.1) is 26.7 Å². The van der Waals surface area contributed by atoms with Crippen LogP contribution in [0.2, 0.25) is 0 Å². The second kappa shape index (κ2) is 5.80. The van der Waals surface area contributed by atoms with E-state index < -0.39 is 0 Å². The summed E-state index contributed by atoms with van der Waals surface area (Å²) in [4.78, 5) is 12.4. The number of hydrogen-bond acceptors (Lipinski definition) is 2. The van der Waals surface area contributed by atoms with E-state index in [0.29, 0.717) is 24.4 Å². The van der Waals surface area contributed by atoms with Gasteiger partial charge in [0.2, 0.25) is 5.91 Å². The molecule has 114 valence electrons. The summed E-state index contributed by atoms with van der Waals surface area (Å²) >= 11 is 0. The van der Waals surface area contributed by atoms with Gasteiger partial charge in [-0.25, -0.2) is 0 Å². The average molecular weight is 286 g/mol. The van der Waals surface area contributed by atoms with Crippen LogP contribution in [0.15, 0.2) is 12.1 Å². The highest BCUT2D eigenvalue weighted by atomic mass is 16.1. The van der Waals surface area contributed by atoms with Crippen molar-refractivity contribution in [2.24, 2.45) is 5.92 Å². The lowest BCUT2D eigenvalue weighted by atomic mass is 9.89. The van der Waals surface area contributed by atoms with Gasteiger partial charge < -0.3 is 10.6 Å². The highest BCUT2D eigenvalue weighted by Gasteiger charge is 2.34. The number of rotatable bonds is 3. The molecule has 0 saturated carbocycles. The Kier molecular flexibility index (Phi) is 4.03. The lowest BCUT2D eigenvalue weighted by Gasteiger charge is -2.28. The van der Waals surface area contributed by atoms with Gasteiger partial charge in [0.1, 0.15) is 0 Å². The summed E-state index contributed by atoms with van der Waals surface area (Å²) in [7, 11) is 0. The number of amides is 1. The first-order valence-electron chi connectivity index (χ1n) is 8.15. The minimum Gasteiger partial charge on any atom is -0.326 e. The second-order valence-electron chi connectivity index (χ2n) is 7.00. The minimum absolute atomic E-state index is 0.177. The SMILES string of the molecule is Cc1cc(C)c(NC(=O)CC2CC3CCC(C2)N3)c(C)c1. The van der Waals surface area contributed by atoms with E-state index >= 15 is 0 Å². The van der Waals surface area contributed by atoms with Gasteiger partial charge in [-0.3, -0.25) is 4.79 Å². The molecule has 2 N–H and O–H groups in total. The molecule has 0 aliphatic carbocycles. The molecule has 3 nitrogen and oxygen atoms in total. The minimum atomic E-state index is 0.177. The summed E-state index contributed by atoms with van der Waals surface area (Å²) in [6, 6.07) is 5.58. The van der Waals surface area contributed by atoms with Crippen molar-refractivity contribution in [2.45, 2.75) is 65.0 Å². The molecular formula is C18H26N2O. The van der Waals surface area contributed by atoms with Crippen molar-refractivity contribution in [2.75, 3.05) is 5.32 Å². The number of nitrogens with one attached hydrogen (secondary N) is 2. The summed E-state index contributed by atoms with van der Waals surface area (Å²) < 4.78 is 0. The van der Waals surface area contributed by atoms with E-state index in [-0.39, 0.29) is 5.91 Å². The third-order valence-electron chi connectivity index (χ3n) is 4.99. The van der Waals surface area contributed by atoms with E-state index in [0.717, 1.165) is 29.7 Å². The van der Waals surface area contributed by atoms with Crippen LogP contribution in [0.5, 0.6) is 0 Å². The summed E-state index contributed by atoms with van der Waals surface area (Å²) in [6.45, 7) is 6.23. The topological polar surface area (TPSA) is 41.1 Å². The maximum absolute atomic E-state index is 12.4. The summed E-state index contributed by atoms with van der Waals surface area (Å²) in [5, 5.41) is 6.78. The van der Waals surface area contributed by atoms with Crippen LogP contribution in [-0.2, 0) is 4.79 Å². The van der Waals surface area contributed by atoms with Crippen molar-refractivity contribution in [3.8, 4) is 0 Å². The molecule has 2 atom stereocenters. The van der Waals surface area contributed by atoms with E-state index in [1.165, 1.54) is 18.4 Å². The molecule has 0 radical (unpaired) electrons. The Morgan fingerprint density at radius 3 is 2.29 bits per heavy atom. The number of carbonyl (C=O) groups is 1. The molecule has 3 rings (SSSR count). The molecule has 2 heterocycles. The Morgan fingerprint density at radius 1 is 1.14 bits per heavy atom. The number of piperidine rings is 1. The maximum atomic E-state index is 12.4. The second-order valence-corrected chi connectivity index (χ2v) is 7.00. The first-order valence-corrected chi connectivity index (χ1v) is 8.15. The zero-order valence-corrected chi connectivity index (χ0v) is 13.3. The number of fused-ring (bicyclic) bond motifs is 2. The molecule has 2 unspecified atom stereocenters. The van der Waals surface area contributed by atoms with E-state index in [4.69, 9.17) is 0 Å². The highest BCUT2D eigenvalue weighted by Crippen LogP contribution is 2.33. The molecule has 3 heteroatoms. The fourth-order valence-electron chi connectivity index (χ4n) is 4.17. The molecule has 0 spiro atoms. The predicted octanol–water partition coefficient (Wildman–Crippen LogP) is 3.47. The van der Waals surface area contributed by atoms with Crippen LogP contribution >= 0.6 is 0 Å². The van der Waals surface area contributed by atoms with E-state index in [2.05, 4.69) is 43.5 Å². The number of anilines is 1. The van der Waals surface area contributed by atoms with Gasteiger partial charge in [-0.1, -0.05) is 17.7 Å². The molecule has 0 aromatic heterocycles. The molecule has 2 bridgehead atoms. The van der Waals surface area contributed by atoms with Gasteiger partial charge in [0.05, 0.1) is 0 Å². The van der Waals surface area contributed by atoms with E-state index in [1.807, 2.05) is 0 Å². The Balaban J connectivity index is 1.62. The van der Waals surface area contributed by atoms with Gasteiger partial charge in [-0.05, 0) is 63.5 Å². The lowest BCUT2D eigenvalue weighted by molar-refractivity contribution is -0.117. The van der Waals surface area contributed by atoms with Crippen molar-refractivity contribution < 1.29 is 4.79 Å². The molecule has 2 aliphatic heterocycles. The van der Waals surface area contributed by atoms with Gasteiger partial charge in [-0.15, -0.1) is 0 Å².